The minimum atomic E-state index is -0.360. The Morgan fingerprint density at radius 3 is 2.94 bits per heavy atom. The standard InChI is InChI=1S/C12H15N3O2/c1-8(2)6-10-13-11-7-9(12(16)17-3)4-5-15(11)14-10/h4-5,7-8H,6H2,1-3H3. The highest BCUT2D eigenvalue weighted by Gasteiger charge is 2.09. The Morgan fingerprint density at radius 2 is 2.29 bits per heavy atom. The van der Waals surface area contributed by atoms with Crippen LogP contribution < -0.4 is 0 Å². The van der Waals surface area contributed by atoms with E-state index in [9.17, 15) is 4.79 Å². The number of fused-ring (bicyclic) bond motifs is 1. The molecule has 0 aliphatic rings. The molecule has 2 heterocycles. The Balaban J connectivity index is 2.37. The van der Waals surface area contributed by atoms with Gasteiger partial charge in [0, 0.05) is 12.6 Å². The molecule has 0 aliphatic carbocycles. The van der Waals surface area contributed by atoms with Crippen molar-refractivity contribution >= 4 is 11.6 Å². The van der Waals surface area contributed by atoms with Crippen LogP contribution in [0.1, 0.15) is 30.0 Å². The molecule has 90 valence electrons. The Kier molecular flexibility index (Phi) is 3.08. The van der Waals surface area contributed by atoms with Crippen molar-refractivity contribution in [2.75, 3.05) is 7.11 Å². The third-order valence-corrected chi connectivity index (χ3v) is 2.39. The van der Waals surface area contributed by atoms with Gasteiger partial charge in [-0.25, -0.2) is 14.3 Å². The topological polar surface area (TPSA) is 56.5 Å². The number of pyridine rings is 1. The summed E-state index contributed by atoms with van der Waals surface area (Å²) in [5, 5.41) is 4.33. The molecule has 0 N–H and O–H groups in total. The maximum atomic E-state index is 11.4. The molecule has 2 rings (SSSR count). The van der Waals surface area contributed by atoms with Crippen LogP contribution in [0.15, 0.2) is 18.3 Å². The van der Waals surface area contributed by atoms with Gasteiger partial charge in [0.15, 0.2) is 11.5 Å². The summed E-state index contributed by atoms with van der Waals surface area (Å²) in [6, 6.07) is 3.36. The zero-order chi connectivity index (χ0) is 12.4. The summed E-state index contributed by atoms with van der Waals surface area (Å²) in [6.45, 7) is 4.23. The van der Waals surface area contributed by atoms with E-state index in [0.717, 1.165) is 12.2 Å². The van der Waals surface area contributed by atoms with E-state index >= 15 is 0 Å². The van der Waals surface area contributed by atoms with E-state index in [1.165, 1.54) is 7.11 Å². The molecule has 2 aromatic heterocycles. The minimum Gasteiger partial charge on any atom is -0.465 e. The second-order valence-corrected chi connectivity index (χ2v) is 4.34. The molecule has 0 aromatic carbocycles. The van der Waals surface area contributed by atoms with Crippen molar-refractivity contribution in [3.63, 3.8) is 0 Å². The van der Waals surface area contributed by atoms with Crippen molar-refractivity contribution in [3.8, 4) is 0 Å². The molecule has 0 spiro atoms. The highest BCUT2D eigenvalue weighted by atomic mass is 16.5. The van der Waals surface area contributed by atoms with Crippen LogP contribution in [0.2, 0.25) is 0 Å². The molecule has 0 radical (unpaired) electrons. The van der Waals surface area contributed by atoms with E-state index < -0.39 is 0 Å². The van der Waals surface area contributed by atoms with Gasteiger partial charge in [-0.05, 0) is 18.1 Å². The van der Waals surface area contributed by atoms with Crippen LogP contribution in [0.4, 0.5) is 0 Å². The number of carbonyl (C=O) groups is 1. The number of esters is 1. The zero-order valence-electron chi connectivity index (χ0n) is 10.2. The molecule has 0 fully saturated rings. The van der Waals surface area contributed by atoms with E-state index in [2.05, 4.69) is 28.7 Å². The Hall–Kier alpha value is -1.91. The fourth-order valence-electron chi connectivity index (χ4n) is 1.62. The number of hydrogen-bond acceptors (Lipinski definition) is 4. The van der Waals surface area contributed by atoms with E-state index in [0.29, 0.717) is 17.1 Å². The fourth-order valence-corrected chi connectivity index (χ4v) is 1.62. The molecule has 0 saturated carbocycles. The van der Waals surface area contributed by atoms with Crippen molar-refractivity contribution in [1.82, 2.24) is 14.6 Å². The summed E-state index contributed by atoms with van der Waals surface area (Å²) in [6.07, 6.45) is 2.55. The van der Waals surface area contributed by atoms with Crippen LogP contribution in [0.3, 0.4) is 0 Å². The number of aromatic nitrogens is 3. The summed E-state index contributed by atoms with van der Waals surface area (Å²) in [5.74, 6) is 0.940. The molecule has 0 atom stereocenters. The monoisotopic (exact) mass is 233 g/mol. The lowest BCUT2D eigenvalue weighted by atomic mass is 10.1. The normalized spacial score (nSPS) is 11.1. The number of ether oxygens (including phenoxy) is 1. The van der Waals surface area contributed by atoms with Gasteiger partial charge in [-0.1, -0.05) is 13.8 Å². The summed E-state index contributed by atoms with van der Waals surface area (Å²) in [7, 11) is 1.36. The first-order valence-corrected chi connectivity index (χ1v) is 5.53. The molecule has 0 amide bonds. The number of hydrogen-bond donors (Lipinski definition) is 0. The lowest BCUT2D eigenvalue weighted by Crippen LogP contribution is -2.02. The molecule has 5 heteroatoms. The molecular formula is C12H15N3O2. The van der Waals surface area contributed by atoms with Gasteiger partial charge in [-0.3, -0.25) is 0 Å². The average Bonchev–Trinajstić information content (AvgIpc) is 2.67. The quantitative estimate of drug-likeness (QED) is 0.757. The number of nitrogens with zero attached hydrogens (tertiary/aromatic N) is 3. The third-order valence-electron chi connectivity index (χ3n) is 2.39. The van der Waals surface area contributed by atoms with Crippen LogP contribution in [-0.4, -0.2) is 27.7 Å². The van der Waals surface area contributed by atoms with E-state index in [4.69, 9.17) is 0 Å². The van der Waals surface area contributed by atoms with Crippen LogP contribution in [0.5, 0.6) is 0 Å². The first-order chi connectivity index (χ1) is 8.10. The van der Waals surface area contributed by atoms with Gasteiger partial charge in [0.1, 0.15) is 0 Å². The Bertz CT molecular complexity index is 546. The Morgan fingerprint density at radius 1 is 1.53 bits per heavy atom. The second kappa shape index (κ2) is 4.53. The lowest BCUT2D eigenvalue weighted by Gasteiger charge is -1.97. The number of rotatable bonds is 3. The predicted octanol–water partition coefficient (Wildman–Crippen LogP) is 1.71. The molecule has 0 saturated heterocycles. The smallest absolute Gasteiger partial charge is 0.338 e. The molecular weight excluding hydrogens is 218 g/mol. The van der Waals surface area contributed by atoms with Crippen molar-refractivity contribution in [2.45, 2.75) is 20.3 Å². The van der Waals surface area contributed by atoms with Gasteiger partial charge in [-0.15, -0.1) is 0 Å². The second-order valence-electron chi connectivity index (χ2n) is 4.34. The highest BCUT2D eigenvalue weighted by Crippen LogP contribution is 2.09. The van der Waals surface area contributed by atoms with Crippen LogP contribution in [0, 0.1) is 5.92 Å². The molecule has 5 nitrogen and oxygen atoms in total. The largest absolute Gasteiger partial charge is 0.465 e. The van der Waals surface area contributed by atoms with Gasteiger partial charge < -0.3 is 4.74 Å². The van der Waals surface area contributed by atoms with Gasteiger partial charge in [-0.2, -0.15) is 5.10 Å². The summed E-state index contributed by atoms with van der Waals surface area (Å²) < 4.78 is 6.33. The molecule has 2 aromatic rings. The van der Waals surface area contributed by atoms with Gasteiger partial charge in [0.2, 0.25) is 0 Å². The summed E-state index contributed by atoms with van der Waals surface area (Å²) in [5.41, 5.74) is 1.16. The van der Waals surface area contributed by atoms with Crippen LogP contribution in [-0.2, 0) is 11.2 Å². The minimum absolute atomic E-state index is 0.360. The van der Waals surface area contributed by atoms with Crippen molar-refractivity contribution in [2.24, 2.45) is 5.92 Å². The maximum Gasteiger partial charge on any atom is 0.338 e. The fraction of sp³-hybridized carbons (Fsp3) is 0.417. The van der Waals surface area contributed by atoms with E-state index in [1.54, 1.807) is 22.8 Å². The number of carbonyl (C=O) groups excluding carboxylic acids is 1. The van der Waals surface area contributed by atoms with Crippen molar-refractivity contribution < 1.29 is 9.53 Å². The van der Waals surface area contributed by atoms with Crippen LogP contribution in [0.25, 0.3) is 5.65 Å². The first kappa shape index (κ1) is 11.6. The summed E-state index contributed by atoms with van der Waals surface area (Å²) >= 11 is 0. The third kappa shape index (κ3) is 2.43. The van der Waals surface area contributed by atoms with Crippen molar-refractivity contribution in [1.29, 1.82) is 0 Å². The van der Waals surface area contributed by atoms with Crippen LogP contribution >= 0.6 is 0 Å². The molecule has 17 heavy (non-hydrogen) atoms. The Labute approximate surface area is 99.4 Å². The highest BCUT2D eigenvalue weighted by molar-refractivity contribution is 5.90. The SMILES string of the molecule is COC(=O)c1ccn2nc(CC(C)C)nc2c1. The van der Waals surface area contributed by atoms with Gasteiger partial charge in [0.05, 0.1) is 12.7 Å². The summed E-state index contributed by atoms with van der Waals surface area (Å²) in [4.78, 5) is 15.7. The van der Waals surface area contributed by atoms with E-state index in [-0.39, 0.29) is 5.97 Å². The molecule has 0 bridgehead atoms. The predicted molar refractivity (Wildman–Crippen MR) is 62.9 cm³/mol. The van der Waals surface area contributed by atoms with E-state index in [1.807, 2.05) is 0 Å². The lowest BCUT2D eigenvalue weighted by molar-refractivity contribution is 0.0600. The average molecular weight is 233 g/mol. The first-order valence-electron chi connectivity index (χ1n) is 5.53. The molecule has 0 unspecified atom stereocenters. The van der Waals surface area contributed by atoms with Crippen molar-refractivity contribution in [3.05, 3.63) is 29.7 Å². The molecule has 0 aliphatic heterocycles. The number of methoxy groups -OCH3 is 1. The van der Waals surface area contributed by atoms with Gasteiger partial charge in [0.25, 0.3) is 0 Å². The maximum absolute atomic E-state index is 11.4. The zero-order valence-corrected chi connectivity index (χ0v) is 10.2. The van der Waals surface area contributed by atoms with Gasteiger partial charge >= 0.3 is 5.97 Å².